The Morgan fingerprint density at radius 1 is 1.16 bits per heavy atom. The van der Waals surface area contributed by atoms with Gasteiger partial charge < -0.3 is 8.97 Å². The molecule has 2 aliphatic rings. The fourth-order valence-corrected chi connectivity index (χ4v) is 4.81. The van der Waals surface area contributed by atoms with Gasteiger partial charge in [0.05, 0.1) is 54.4 Å². The molecule has 0 N–H and O–H groups in total. The Balaban J connectivity index is 2.00. The molecule has 0 amide bonds. The molecule has 0 aromatic carbocycles. The van der Waals surface area contributed by atoms with Crippen LogP contribution >= 0.6 is 0 Å². The molecule has 1 aliphatic carbocycles. The standard InChI is InChI=1S/C17H36N2/c1-16(2)15-9-10-17(16,3)14-19(7,13-15)12-8-11-18(4,5)6/h15H,8-14H2,1-7H3/q+2/t15-,17-,19?/m0/s1. The van der Waals surface area contributed by atoms with Gasteiger partial charge in [-0.25, -0.2) is 0 Å². The summed E-state index contributed by atoms with van der Waals surface area (Å²) in [4.78, 5) is 0. The second-order valence-electron chi connectivity index (χ2n) is 9.57. The average molecular weight is 268 g/mol. The molecule has 3 atom stereocenters. The third-order valence-corrected chi connectivity index (χ3v) is 6.54. The van der Waals surface area contributed by atoms with Crippen molar-refractivity contribution in [3.8, 4) is 0 Å². The molecule has 2 rings (SSSR count). The average Bonchev–Trinajstić information content (AvgIpc) is 2.36. The van der Waals surface area contributed by atoms with Crippen LogP contribution in [0, 0.1) is 16.7 Å². The zero-order valence-corrected chi connectivity index (χ0v) is 14.4. The lowest BCUT2D eigenvalue weighted by Gasteiger charge is -2.54. The molecule has 2 bridgehead atoms. The number of rotatable bonds is 4. The summed E-state index contributed by atoms with van der Waals surface area (Å²) in [5.41, 5.74) is 1.13. The lowest BCUT2D eigenvalue weighted by atomic mass is 9.62. The van der Waals surface area contributed by atoms with Gasteiger partial charge in [0.1, 0.15) is 0 Å². The topological polar surface area (TPSA) is 0 Å². The number of likely N-dealkylation sites (tertiary alicyclic amines) is 1. The Morgan fingerprint density at radius 2 is 1.79 bits per heavy atom. The van der Waals surface area contributed by atoms with Crippen molar-refractivity contribution in [1.29, 1.82) is 0 Å². The highest BCUT2D eigenvalue weighted by Gasteiger charge is 2.60. The Morgan fingerprint density at radius 3 is 2.32 bits per heavy atom. The van der Waals surface area contributed by atoms with Crippen LogP contribution < -0.4 is 0 Å². The normalized spacial score (nSPS) is 41.5. The lowest BCUT2D eigenvalue weighted by molar-refractivity contribution is -0.931. The largest absolute Gasteiger partial charge is 0.331 e. The highest BCUT2D eigenvalue weighted by Crippen LogP contribution is 2.60. The van der Waals surface area contributed by atoms with E-state index in [1.54, 1.807) is 0 Å². The van der Waals surface area contributed by atoms with Gasteiger partial charge in [0, 0.05) is 17.8 Å². The molecular formula is C17H36N2+2. The molecule has 2 fully saturated rings. The summed E-state index contributed by atoms with van der Waals surface area (Å²) in [5, 5.41) is 0. The molecule has 2 nitrogen and oxygen atoms in total. The van der Waals surface area contributed by atoms with Crippen molar-refractivity contribution in [3.63, 3.8) is 0 Å². The van der Waals surface area contributed by atoms with E-state index >= 15 is 0 Å². The number of hydrogen-bond donors (Lipinski definition) is 0. The van der Waals surface area contributed by atoms with E-state index in [4.69, 9.17) is 0 Å². The highest BCUT2D eigenvalue weighted by atomic mass is 15.4. The van der Waals surface area contributed by atoms with Gasteiger partial charge in [0.15, 0.2) is 0 Å². The molecule has 0 spiro atoms. The predicted octanol–water partition coefficient (Wildman–Crippen LogP) is 2.99. The minimum Gasteiger partial charge on any atom is -0.331 e. The number of quaternary nitrogens is 2. The monoisotopic (exact) mass is 268 g/mol. The van der Waals surface area contributed by atoms with E-state index in [9.17, 15) is 0 Å². The first-order valence-corrected chi connectivity index (χ1v) is 8.12. The summed E-state index contributed by atoms with van der Waals surface area (Å²) in [6.07, 6.45) is 4.28. The molecule has 1 saturated carbocycles. The first-order chi connectivity index (χ1) is 8.48. The Labute approximate surface area is 121 Å². The first kappa shape index (κ1) is 15.3. The number of hydrogen-bond acceptors (Lipinski definition) is 0. The van der Waals surface area contributed by atoms with Gasteiger partial charge in [-0.1, -0.05) is 20.8 Å². The number of nitrogens with zero attached hydrogens (tertiary/aromatic N) is 2. The Hall–Kier alpha value is -0.0800. The zero-order chi connectivity index (χ0) is 14.5. The van der Waals surface area contributed by atoms with Gasteiger partial charge in [0.25, 0.3) is 0 Å². The third kappa shape index (κ3) is 2.85. The fraction of sp³-hybridized carbons (Fsp3) is 1.00. The summed E-state index contributed by atoms with van der Waals surface area (Å²) in [7, 11) is 9.44. The van der Waals surface area contributed by atoms with Gasteiger partial charge in [-0.05, 0) is 18.3 Å². The smallest absolute Gasteiger partial charge is 0.0844 e. The van der Waals surface area contributed by atoms with Crippen molar-refractivity contribution in [2.45, 2.75) is 40.0 Å². The molecule has 1 unspecified atom stereocenters. The molecule has 2 heteroatoms. The Kier molecular flexibility index (Phi) is 3.59. The van der Waals surface area contributed by atoms with Crippen LogP contribution in [0.4, 0.5) is 0 Å². The van der Waals surface area contributed by atoms with Crippen LogP contribution in [-0.2, 0) is 0 Å². The van der Waals surface area contributed by atoms with Crippen molar-refractivity contribution >= 4 is 0 Å². The van der Waals surface area contributed by atoms with Gasteiger partial charge in [-0.3, -0.25) is 0 Å². The molecule has 0 aromatic heterocycles. The van der Waals surface area contributed by atoms with Crippen molar-refractivity contribution in [1.82, 2.24) is 0 Å². The molecule has 1 heterocycles. The second kappa shape index (κ2) is 4.46. The van der Waals surface area contributed by atoms with Gasteiger partial charge in [0.2, 0.25) is 0 Å². The first-order valence-electron chi connectivity index (χ1n) is 8.12. The van der Waals surface area contributed by atoms with Crippen molar-refractivity contribution in [2.75, 3.05) is 54.4 Å². The summed E-state index contributed by atoms with van der Waals surface area (Å²) >= 11 is 0. The number of piperidine rings is 1. The zero-order valence-electron chi connectivity index (χ0n) is 14.4. The second-order valence-corrected chi connectivity index (χ2v) is 9.57. The van der Waals surface area contributed by atoms with Crippen LogP contribution in [0.25, 0.3) is 0 Å². The van der Waals surface area contributed by atoms with Crippen molar-refractivity contribution < 1.29 is 8.97 Å². The molecule has 0 aromatic rings. The summed E-state index contributed by atoms with van der Waals surface area (Å²) in [6.45, 7) is 13.1. The molecular weight excluding hydrogens is 232 g/mol. The molecule has 0 radical (unpaired) electrons. The van der Waals surface area contributed by atoms with Crippen LogP contribution in [0.15, 0.2) is 0 Å². The van der Waals surface area contributed by atoms with Crippen LogP contribution in [0.1, 0.15) is 40.0 Å². The van der Waals surface area contributed by atoms with E-state index in [0.29, 0.717) is 10.8 Å². The van der Waals surface area contributed by atoms with E-state index in [1.165, 1.54) is 49.9 Å². The molecule has 112 valence electrons. The van der Waals surface area contributed by atoms with Crippen LogP contribution in [0.2, 0.25) is 0 Å². The van der Waals surface area contributed by atoms with E-state index in [1.807, 2.05) is 0 Å². The number of fused-ring (bicyclic) bond motifs is 2. The van der Waals surface area contributed by atoms with Crippen LogP contribution in [-0.4, -0.2) is 63.3 Å². The molecule has 1 aliphatic heterocycles. The van der Waals surface area contributed by atoms with Crippen molar-refractivity contribution in [3.05, 3.63) is 0 Å². The minimum absolute atomic E-state index is 0.560. The minimum atomic E-state index is 0.560. The maximum Gasteiger partial charge on any atom is 0.0844 e. The van der Waals surface area contributed by atoms with Crippen LogP contribution in [0.3, 0.4) is 0 Å². The highest BCUT2D eigenvalue weighted by molar-refractivity contribution is 5.02. The van der Waals surface area contributed by atoms with Gasteiger partial charge in [-0.15, -0.1) is 0 Å². The summed E-state index contributed by atoms with van der Waals surface area (Å²) in [6, 6.07) is 0. The van der Waals surface area contributed by atoms with E-state index in [-0.39, 0.29) is 0 Å². The van der Waals surface area contributed by atoms with Gasteiger partial charge in [-0.2, -0.15) is 0 Å². The lowest BCUT2D eigenvalue weighted by Crippen LogP contribution is -2.61. The predicted molar refractivity (Wildman–Crippen MR) is 82.9 cm³/mol. The van der Waals surface area contributed by atoms with E-state index in [0.717, 1.165) is 10.4 Å². The van der Waals surface area contributed by atoms with E-state index < -0.39 is 0 Å². The maximum absolute atomic E-state index is 2.56. The van der Waals surface area contributed by atoms with Crippen LogP contribution in [0.5, 0.6) is 0 Å². The maximum atomic E-state index is 2.56. The Bertz CT molecular complexity index is 342. The van der Waals surface area contributed by atoms with E-state index in [2.05, 4.69) is 49.0 Å². The molecule has 19 heavy (non-hydrogen) atoms. The third-order valence-electron chi connectivity index (χ3n) is 6.54. The summed E-state index contributed by atoms with van der Waals surface area (Å²) < 4.78 is 2.43. The quantitative estimate of drug-likeness (QED) is 0.688. The summed E-state index contributed by atoms with van der Waals surface area (Å²) in [5.74, 6) is 0.945. The van der Waals surface area contributed by atoms with Gasteiger partial charge >= 0.3 is 0 Å². The molecule has 1 saturated heterocycles. The van der Waals surface area contributed by atoms with Crippen molar-refractivity contribution in [2.24, 2.45) is 16.7 Å². The fourth-order valence-electron chi connectivity index (χ4n) is 4.81. The SMILES string of the molecule is CC1(C)[C@H]2CC[C@@]1(C)C[N+](C)(CCC[N+](C)(C)C)C2.